The van der Waals surface area contributed by atoms with Crippen LogP contribution < -0.4 is 9.80 Å². The zero-order valence-electron chi connectivity index (χ0n) is 17.4. The first-order valence-corrected chi connectivity index (χ1v) is 11.3. The lowest BCUT2D eigenvalue weighted by Crippen LogP contribution is -3.27. The zero-order chi connectivity index (χ0) is 21.9. The average Bonchev–Trinajstić information content (AvgIpc) is 3.38. The van der Waals surface area contributed by atoms with Crippen LogP contribution in [0.3, 0.4) is 0 Å². The van der Waals surface area contributed by atoms with Crippen molar-refractivity contribution in [2.75, 3.05) is 26.2 Å². The molecular weight excluding hydrogens is 444 g/mol. The van der Waals surface area contributed by atoms with Crippen LogP contribution in [0.5, 0.6) is 0 Å². The Balaban J connectivity index is 1.19. The summed E-state index contributed by atoms with van der Waals surface area (Å²) in [6.07, 6.45) is 0. The number of nitrogens with zero attached hydrogens (tertiary/aromatic N) is 8. The molecule has 3 heterocycles. The molecule has 0 radical (unpaired) electrons. The van der Waals surface area contributed by atoms with E-state index in [0.29, 0.717) is 22.9 Å². The molecule has 0 saturated carbocycles. The highest BCUT2D eigenvalue weighted by Crippen LogP contribution is 2.06. The monoisotopic (exact) mass is 468 g/mol. The van der Waals surface area contributed by atoms with E-state index in [1.807, 2.05) is 70.0 Å². The Morgan fingerprint density at radius 1 is 0.594 bits per heavy atom. The van der Waals surface area contributed by atoms with Gasteiger partial charge in [0.25, 0.3) is 0 Å². The SMILES string of the molecule is S=c1n(C[NH+]2CC[NH+](Cn3nnn(-c4ccccc4)c3=S)CC2)nnn1-c1ccccc1. The van der Waals surface area contributed by atoms with E-state index >= 15 is 0 Å². The molecule has 0 amide bonds. The number of piperazine rings is 1. The molecule has 2 aromatic heterocycles. The fourth-order valence-electron chi connectivity index (χ4n) is 3.91. The molecule has 0 bridgehead atoms. The number of tetrazole rings is 2. The minimum Gasteiger partial charge on any atom is -0.307 e. The number of nitrogens with one attached hydrogen (secondary N) is 2. The lowest BCUT2D eigenvalue weighted by Gasteiger charge is -2.28. The van der Waals surface area contributed by atoms with Gasteiger partial charge in [0.05, 0.1) is 11.4 Å². The van der Waals surface area contributed by atoms with E-state index in [9.17, 15) is 0 Å². The number of rotatable bonds is 6. The molecule has 10 nitrogen and oxygen atoms in total. The molecule has 5 rings (SSSR count). The molecule has 1 fully saturated rings. The molecular formula is C20H24N10S2+2. The van der Waals surface area contributed by atoms with Crippen molar-refractivity contribution in [2.45, 2.75) is 13.3 Å². The molecule has 0 atom stereocenters. The Bertz CT molecular complexity index is 1180. The molecule has 0 unspecified atom stereocenters. The predicted octanol–water partition coefficient (Wildman–Crippen LogP) is -0.691. The number of hydrogen-bond acceptors (Lipinski definition) is 6. The van der Waals surface area contributed by atoms with Gasteiger partial charge in [-0.2, -0.15) is 18.7 Å². The molecule has 0 spiro atoms. The number of quaternary nitrogens is 2. The molecule has 12 heteroatoms. The van der Waals surface area contributed by atoms with Gasteiger partial charge in [0.15, 0.2) is 13.3 Å². The molecule has 2 aromatic carbocycles. The van der Waals surface area contributed by atoms with Gasteiger partial charge in [-0.1, -0.05) is 36.4 Å². The fraction of sp³-hybridized carbons (Fsp3) is 0.300. The van der Waals surface area contributed by atoms with E-state index in [2.05, 4.69) is 20.9 Å². The summed E-state index contributed by atoms with van der Waals surface area (Å²) in [5.74, 6) is 0. The van der Waals surface area contributed by atoms with Gasteiger partial charge in [0.1, 0.15) is 26.2 Å². The van der Waals surface area contributed by atoms with Crippen molar-refractivity contribution in [3.63, 3.8) is 0 Å². The first kappa shape index (κ1) is 20.8. The van der Waals surface area contributed by atoms with Gasteiger partial charge in [0.2, 0.25) is 9.54 Å². The number of aromatic nitrogens is 8. The van der Waals surface area contributed by atoms with Gasteiger partial charge in [-0.05, 0) is 69.6 Å². The Hall–Kier alpha value is -3.06. The van der Waals surface area contributed by atoms with Crippen molar-refractivity contribution in [1.29, 1.82) is 0 Å². The third kappa shape index (κ3) is 4.30. The molecule has 1 saturated heterocycles. The third-order valence-electron chi connectivity index (χ3n) is 5.69. The predicted molar refractivity (Wildman–Crippen MR) is 122 cm³/mol. The van der Waals surface area contributed by atoms with Gasteiger partial charge in [-0.25, -0.2) is 0 Å². The first-order valence-electron chi connectivity index (χ1n) is 10.5. The van der Waals surface area contributed by atoms with Gasteiger partial charge in [-0.3, -0.25) is 0 Å². The lowest BCUT2D eigenvalue weighted by molar-refractivity contribution is -1.03. The molecule has 0 aliphatic carbocycles. The van der Waals surface area contributed by atoms with Crippen molar-refractivity contribution < 1.29 is 9.80 Å². The second-order valence-electron chi connectivity index (χ2n) is 7.83. The highest BCUT2D eigenvalue weighted by molar-refractivity contribution is 7.71. The summed E-state index contributed by atoms with van der Waals surface area (Å²) < 4.78 is 8.25. The van der Waals surface area contributed by atoms with E-state index < -0.39 is 0 Å². The topological polar surface area (TPSA) is 80.2 Å². The van der Waals surface area contributed by atoms with Crippen molar-refractivity contribution in [1.82, 2.24) is 39.6 Å². The highest BCUT2D eigenvalue weighted by atomic mass is 32.1. The smallest absolute Gasteiger partial charge is 0.225 e. The van der Waals surface area contributed by atoms with E-state index in [1.165, 1.54) is 9.80 Å². The Labute approximate surface area is 194 Å². The molecule has 1 aliphatic rings. The van der Waals surface area contributed by atoms with E-state index in [1.54, 1.807) is 9.36 Å². The Kier molecular flexibility index (Phi) is 5.99. The van der Waals surface area contributed by atoms with E-state index in [4.69, 9.17) is 24.4 Å². The third-order valence-corrected chi connectivity index (χ3v) is 6.46. The summed E-state index contributed by atoms with van der Waals surface area (Å²) in [5, 5.41) is 17.0. The number of para-hydroxylation sites is 2. The molecule has 1 aliphatic heterocycles. The second kappa shape index (κ2) is 9.20. The van der Waals surface area contributed by atoms with Crippen LogP contribution in [0.15, 0.2) is 60.7 Å². The maximum atomic E-state index is 5.59. The molecule has 32 heavy (non-hydrogen) atoms. The standard InChI is InChI=1S/C20H22N10S2/c31-19-27(21-23-29(19)17-7-3-1-4-8-17)15-25-11-13-26(14-12-25)16-28-20(32)30(24-22-28)18-9-5-2-6-10-18/h1-10H,11-16H2/p+2. The van der Waals surface area contributed by atoms with Crippen molar-refractivity contribution in [3.8, 4) is 11.4 Å². The van der Waals surface area contributed by atoms with E-state index in [0.717, 1.165) is 37.6 Å². The minimum absolute atomic E-state index is 0.613. The largest absolute Gasteiger partial charge is 0.307 e. The fourth-order valence-corrected chi connectivity index (χ4v) is 4.39. The van der Waals surface area contributed by atoms with Crippen LogP contribution in [0.2, 0.25) is 0 Å². The second-order valence-corrected chi connectivity index (χ2v) is 8.56. The summed E-state index contributed by atoms with van der Waals surface area (Å²) in [4.78, 5) is 2.86. The first-order chi connectivity index (χ1) is 15.7. The summed E-state index contributed by atoms with van der Waals surface area (Å²) in [5.41, 5.74) is 1.85. The van der Waals surface area contributed by atoms with Crippen LogP contribution in [-0.4, -0.2) is 65.8 Å². The van der Waals surface area contributed by atoms with Gasteiger partial charge >= 0.3 is 0 Å². The molecule has 4 aromatic rings. The summed E-state index contributed by atoms with van der Waals surface area (Å²) >= 11 is 11.2. The average molecular weight is 469 g/mol. The lowest BCUT2D eigenvalue weighted by atomic mass is 10.3. The maximum absolute atomic E-state index is 5.59. The summed E-state index contributed by atoms with van der Waals surface area (Å²) in [6.45, 7) is 5.46. The van der Waals surface area contributed by atoms with Crippen LogP contribution >= 0.6 is 24.4 Å². The van der Waals surface area contributed by atoms with Gasteiger partial charge in [0, 0.05) is 0 Å². The van der Waals surface area contributed by atoms with Crippen molar-refractivity contribution >= 4 is 24.4 Å². The van der Waals surface area contributed by atoms with Gasteiger partial charge in [-0.15, -0.1) is 0 Å². The molecule has 2 N–H and O–H groups in total. The van der Waals surface area contributed by atoms with Crippen LogP contribution in [0, 0.1) is 9.54 Å². The van der Waals surface area contributed by atoms with Crippen LogP contribution in [-0.2, 0) is 13.3 Å². The van der Waals surface area contributed by atoms with Crippen molar-refractivity contribution in [3.05, 3.63) is 70.2 Å². The highest BCUT2D eigenvalue weighted by Gasteiger charge is 2.25. The quantitative estimate of drug-likeness (QED) is 0.365. The zero-order valence-corrected chi connectivity index (χ0v) is 19.0. The number of benzene rings is 2. The van der Waals surface area contributed by atoms with Gasteiger partial charge < -0.3 is 9.80 Å². The normalized spacial score (nSPS) is 18.6. The maximum Gasteiger partial charge on any atom is 0.225 e. The summed E-state index contributed by atoms with van der Waals surface area (Å²) in [7, 11) is 0. The van der Waals surface area contributed by atoms with E-state index in [-0.39, 0.29) is 0 Å². The minimum atomic E-state index is 0.613. The van der Waals surface area contributed by atoms with Crippen LogP contribution in [0.1, 0.15) is 0 Å². The van der Waals surface area contributed by atoms with Crippen molar-refractivity contribution in [2.24, 2.45) is 0 Å². The summed E-state index contributed by atoms with van der Waals surface area (Å²) in [6, 6.07) is 19.7. The van der Waals surface area contributed by atoms with Crippen LogP contribution in [0.25, 0.3) is 11.4 Å². The Morgan fingerprint density at radius 3 is 1.34 bits per heavy atom. The molecule has 164 valence electrons. The number of hydrogen-bond donors (Lipinski definition) is 2. The Morgan fingerprint density at radius 2 is 0.969 bits per heavy atom. The van der Waals surface area contributed by atoms with Crippen LogP contribution in [0.4, 0.5) is 0 Å².